The minimum absolute atomic E-state index is 0.0155. The average molecular weight is 395 g/mol. The van der Waals surface area contributed by atoms with Gasteiger partial charge in [0.2, 0.25) is 0 Å². The topological polar surface area (TPSA) is 67.2 Å². The summed E-state index contributed by atoms with van der Waals surface area (Å²) in [6.07, 6.45) is 0. The molecule has 0 radical (unpaired) electrons. The third-order valence-electron chi connectivity index (χ3n) is 5.32. The lowest BCUT2D eigenvalue weighted by Crippen LogP contribution is -2.56. The summed E-state index contributed by atoms with van der Waals surface area (Å²) in [4.78, 5) is 2.24. The Hall–Kier alpha value is -1.41. The monoisotopic (exact) mass is 394 g/mol. The van der Waals surface area contributed by atoms with Crippen molar-refractivity contribution in [1.82, 2.24) is 20.0 Å². The number of nitrogens with zero attached hydrogens (tertiary/aromatic N) is 3. The predicted molar refractivity (Wildman–Crippen MR) is 102 cm³/mol. The largest absolute Gasteiger partial charge is 0.310 e. The van der Waals surface area contributed by atoms with E-state index in [1.807, 2.05) is 29.8 Å². The summed E-state index contributed by atoms with van der Waals surface area (Å²) in [5, 5.41) is 8.60. The standard InChI is InChI=1S/C18H23ClN4O2S/c1-13-15(18(19)23(21-13)9-14-5-3-2-4-6-14)10-22-8-7-20-16-11-26(24,25)12-17(16)22/h2-6,16-17,20H,7-12H2,1H3/t16-,17+/m1/s1. The molecule has 8 heteroatoms. The predicted octanol–water partition coefficient (Wildman–Crippen LogP) is 1.46. The molecule has 2 atom stereocenters. The second kappa shape index (κ2) is 6.96. The van der Waals surface area contributed by atoms with Crippen molar-refractivity contribution in [1.29, 1.82) is 0 Å². The van der Waals surface area contributed by atoms with Crippen LogP contribution < -0.4 is 5.32 Å². The molecule has 26 heavy (non-hydrogen) atoms. The summed E-state index contributed by atoms with van der Waals surface area (Å²) < 4.78 is 25.9. The molecule has 1 aromatic heterocycles. The van der Waals surface area contributed by atoms with Crippen molar-refractivity contribution in [3.8, 4) is 0 Å². The molecule has 0 unspecified atom stereocenters. The van der Waals surface area contributed by atoms with Crippen LogP contribution in [0.15, 0.2) is 30.3 Å². The SMILES string of the molecule is Cc1nn(Cc2ccccc2)c(Cl)c1CN1CCN[C@@H]2CS(=O)(=O)C[C@@H]21. The van der Waals surface area contributed by atoms with Crippen molar-refractivity contribution in [2.45, 2.75) is 32.1 Å². The minimum Gasteiger partial charge on any atom is -0.310 e. The van der Waals surface area contributed by atoms with E-state index in [4.69, 9.17) is 11.6 Å². The average Bonchev–Trinajstić information content (AvgIpc) is 3.06. The first-order valence-corrected chi connectivity index (χ1v) is 11.1. The van der Waals surface area contributed by atoms with Crippen LogP contribution in [0, 0.1) is 6.92 Å². The normalized spacial score (nSPS) is 25.3. The first kappa shape index (κ1) is 18.0. The Kier molecular flexibility index (Phi) is 4.81. The molecule has 2 aromatic rings. The van der Waals surface area contributed by atoms with Crippen LogP contribution >= 0.6 is 11.6 Å². The van der Waals surface area contributed by atoms with Crippen LogP contribution in [0.2, 0.25) is 5.15 Å². The highest BCUT2D eigenvalue weighted by molar-refractivity contribution is 7.91. The van der Waals surface area contributed by atoms with Gasteiger partial charge in [0, 0.05) is 37.3 Å². The summed E-state index contributed by atoms with van der Waals surface area (Å²) in [6.45, 7) is 4.84. The number of benzene rings is 1. The van der Waals surface area contributed by atoms with E-state index in [1.165, 1.54) is 0 Å². The zero-order valence-corrected chi connectivity index (χ0v) is 16.3. The second-order valence-electron chi connectivity index (χ2n) is 7.17. The fourth-order valence-electron chi connectivity index (χ4n) is 3.97. The van der Waals surface area contributed by atoms with E-state index < -0.39 is 9.84 Å². The molecular weight excluding hydrogens is 372 g/mol. The van der Waals surface area contributed by atoms with Crippen LogP contribution in [0.1, 0.15) is 16.8 Å². The molecule has 0 saturated carbocycles. The van der Waals surface area contributed by atoms with E-state index in [1.54, 1.807) is 0 Å². The highest BCUT2D eigenvalue weighted by Gasteiger charge is 2.43. The molecule has 0 bridgehead atoms. The fraction of sp³-hybridized carbons (Fsp3) is 0.500. The van der Waals surface area contributed by atoms with Crippen molar-refractivity contribution in [2.75, 3.05) is 24.6 Å². The van der Waals surface area contributed by atoms with E-state index >= 15 is 0 Å². The van der Waals surface area contributed by atoms with Gasteiger partial charge in [-0.3, -0.25) is 4.90 Å². The lowest BCUT2D eigenvalue weighted by atomic mass is 10.1. The molecule has 0 aliphatic carbocycles. The Balaban J connectivity index is 1.55. The molecule has 3 heterocycles. The van der Waals surface area contributed by atoms with Crippen LogP contribution in [-0.2, 0) is 22.9 Å². The van der Waals surface area contributed by atoms with Crippen LogP contribution in [0.25, 0.3) is 0 Å². The first-order chi connectivity index (χ1) is 12.4. The van der Waals surface area contributed by atoms with Gasteiger partial charge in [-0.25, -0.2) is 13.1 Å². The quantitative estimate of drug-likeness (QED) is 0.850. The maximum absolute atomic E-state index is 12.0. The number of aryl methyl sites for hydroxylation is 1. The lowest BCUT2D eigenvalue weighted by Gasteiger charge is -2.37. The van der Waals surface area contributed by atoms with Gasteiger partial charge in [0.1, 0.15) is 5.15 Å². The summed E-state index contributed by atoms with van der Waals surface area (Å²) in [6, 6.07) is 10.1. The van der Waals surface area contributed by atoms with Gasteiger partial charge in [-0.15, -0.1) is 0 Å². The minimum atomic E-state index is -2.97. The maximum Gasteiger partial charge on any atom is 0.153 e. The van der Waals surface area contributed by atoms with E-state index in [0.717, 1.165) is 29.9 Å². The highest BCUT2D eigenvalue weighted by Crippen LogP contribution is 2.27. The van der Waals surface area contributed by atoms with Gasteiger partial charge in [-0.2, -0.15) is 5.10 Å². The van der Waals surface area contributed by atoms with Gasteiger partial charge in [0.05, 0.1) is 23.7 Å². The van der Waals surface area contributed by atoms with E-state index in [0.29, 0.717) is 18.2 Å². The molecular formula is C18H23ClN4O2S. The zero-order valence-electron chi connectivity index (χ0n) is 14.7. The number of aromatic nitrogens is 2. The summed E-state index contributed by atoms with van der Waals surface area (Å²) in [5.41, 5.74) is 3.04. The number of nitrogens with one attached hydrogen (secondary N) is 1. The van der Waals surface area contributed by atoms with Crippen LogP contribution in [0.4, 0.5) is 0 Å². The number of hydrogen-bond acceptors (Lipinski definition) is 5. The number of sulfone groups is 1. The highest BCUT2D eigenvalue weighted by atomic mass is 35.5. The fourth-order valence-corrected chi connectivity index (χ4v) is 6.25. The Bertz CT molecular complexity index is 897. The molecule has 2 saturated heterocycles. The number of piperazine rings is 1. The Morgan fingerprint density at radius 3 is 2.77 bits per heavy atom. The molecule has 2 aliphatic heterocycles. The molecule has 4 rings (SSSR count). The van der Waals surface area contributed by atoms with Crippen molar-refractivity contribution >= 4 is 21.4 Å². The number of hydrogen-bond donors (Lipinski definition) is 1. The van der Waals surface area contributed by atoms with Gasteiger partial charge in [-0.05, 0) is 12.5 Å². The molecule has 0 amide bonds. The molecule has 0 spiro atoms. The molecule has 140 valence electrons. The molecule has 2 aliphatic rings. The van der Waals surface area contributed by atoms with Crippen LogP contribution in [0.3, 0.4) is 0 Å². The van der Waals surface area contributed by atoms with Gasteiger partial charge < -0.3 is 5.32 Å². The second-order valence-corrected chi connectivity index (χ2v) is 9.69. The van der Waals surface area contributed by atoms with Crippen LogP contribution in [0.5, 0.6) is 0 Å². The van der Waals surface area contributed by atoms with Gasteiger partial charge >= 0.3 is 0 Å². The van der Waals surface area contributed by atoms with Crippen molar-refractivity contribution in [3.63, 3.8) is 0 Å². The Morgan fingerprint density at radius 2 is 2.00 bits per heavy atom. The third-order valence-corrected chi connectivity index (χ3v) is 7.46. The van der Waals surface area contributed by atoms with Gasteiger partial charge in [0.25, 0.3) is 0 Å². The van der Waals surface area contributed by atoms with Crippen molar-refractivity contribution < 1.29 is 8.42 Å². The van der Waals surface area contributed by atoms with E-state index in [2.05, 4.69) is 27.4 Å². The van der Waals surface area contributed by atoms with Gasteiger partial charge in [0.15, 0.2) is 9.84 Å². The van der Waals surface area contributed by atoms with E-state index in [-0.39, 0.29) is 23.6 Å². The van der Waals surface area contributed by atoms with Crippen molar-refractivity contribution in [3.05, 3.63) is 52.3 Å². The number of halogens is 1. The zero-order chi connectivity index (χ0) is 18.3. The summed E-state index contributed by atoms with van der Waals surface area (Å²) in [7, 11) is -2.97. The molecule has 2 fully saturated rings. The third kappa shape index (κ3) is 3.53. The Morgan fingerprint density at radius 1 is 1.23 bits per heavy atom. The lowest BCUT2D eigenvalue weighted by molar-refractivity contribution is 0.141. The first-order valence-electron chi connectivity index (χ1n) is 8.86. The summed E-state index contributed by atoms with van der Waals surface area (Å²) in [5.74, 6) is 0.452. The van der Waals surface area contributed by atoms with Crippen molar-refractivity contribution in [2.24, 2.45) is 0 Å². The molecule has 6 nitrogen and oxygen atoms in total. The van der Waals surface area contributed by atoms with Crippen LogP contribution in [-0.4, -0.2) is 59.8 Å². The van der Waals surface area contributed by atoms with Gasteiger partial charge in [-0.1, -0.05) is 41.9 Å². The summed E-state index contributed by atoms with van der Waals surface area (Å²) >= 11 is 6.64. The number of fused-ring (bicyclic) bond motifs is 1. The number of rotatable bonds is 4. The maximum atomic E-state index is 12.0. The molecule has 1 N–H and O–H groups in total. The smallest absolute Gasteiger partial charge is 0.153 e. The Labute approximate surface area is 159 Å². The van der Waals surface area contributed by atoms with E-state index in [9.17, 15) is 8.42 Å². The molecule has 1 aromatic carbocycles.